The number of hydrogen-bond donors (Lipinski definition) is 3. The summed E-state index contributed by atoms with van der Waals surface area (Å²) in [7, 11) is 0. The quantitative estimate of drug-likeness (QED) is 0.232. The zero-order valence-corrected chi connectivity index (χ0v) is 20.3. The second kappa shape index (κ2) is 10.5. The van der Waals surface area contributed by atoms with Crippen LogP contribution in [-0.4, -0.2) is 43.0 Å². The van der Waals surface area contributed by atoms with Crippen molar-refractivity contribution in [3.05, 3.63) is 69.7 Å². The van der Waals surface area contributed by atoms with E-state index in [1.54, 1.807) is 12.3 Å². The Kier molecular flexibility index (Phi) is 7.05. The predicted molar refractivity (Wildman–Crippen MR) is 134 cm³/mol. The van der Waals surface area contributed by atoms with Gasteiger partial charge in [-0.3, -0.25) is 4.98 Å². The first-order chi connectivity index (χ1) is 16.7. The molecule has 12 heteroatoms. The summed E-state index contributed by atoms with van der Waals surface area (Å²) >= 11 is 9.07. The molecular formula is C22H20ClFN8S2. The van der Waals surface area contributed by atoms with Gasteiger partial charge in [-0.05, 0) is 24.3 Å². The number of imidazole rings is 1. The SMILES string of the molecule is Fc1cccnc1CNc1ncnc2sc(CCNCCc3ncc(-c4ccc(Cl)s4)[nH]3)nc12. The number of anilines is 1. The van der Waals surface area contributed by atoms with Crippen LogP contribution in [0.5, 0.6) is 0 Å². The number of rotatable bonds is 10. The van der Waals surface area contributed by atoms with Crippen LogP contribution in [0, 0.1) is 5.82 Å². The molecule has 174 valence electrons. The van der Waals surface area contributed by atoms with Crippen molar-refractivity contribution in [2.75, 3.05) is 18.4 Å². The molecule has 0 saturated heterocycles. The molecule has 0 aromatic carbocycles. The zero-order valence-electron chi connectivity index (χ0n) is 17.9. The average Bonchev–Trinajstić information content (AvgIpc) is 3.58. The van der Waals surface area contributed by atoms with Crippen molar-refractivity contribution in [3.8, 4) is 10.6 Å². The maximum Gasteiger partial charge on any atom is 0.157 e. The Bertz CT molecular complexity index is 1400. The van der Waals surface area contributed by atoms with E-state index in [-0.39, 0.29) is 12.4 Å². The maximum atomic E-state index is 13.8. The highest BCUT2D eigenvalue weighted by atomic mass is 35.5. The third kappa shape index (κ3) is 5.39. The Labute approximate surface area is 207 Å². The molecule has 34 heavy (non-hydrogen) atoms. The Balaban J connectivity index is 1.12. The summed E-state index contributed by atoms with van der Waals surface area (Å²) < 4.78 is 14.6. The van der Waals surface area contributed by atoms with Gasteiger partial charge in [0.15, 0.2) is 5.82 Å². The van der Waals surface area contributed by atoms with Crippen LogP contribution in [0.2, 0.25) is 4.34 Å². The fourth-order valence-electron chi connectivity index (χ4n) is 3.35. The van der Waals surface area contributed by atoms with Crippen LogP contribution in [0.25, 0.3) is 20.9 Å². The van der Waals surface area contributed by atoms with E-state index in [4.69, 9.17) is 16.6 Å². The first-order valence-electron chi connectivity index (χ1n) is 10.6. The number of aromatic nitrogens is 6. The van der Waals surface area contributed by atoms with Crippen molar-refractivity contribution in [1.82, 2.24) is 35.2 Å². The summed E-state index contributed by atoms with van der Waals surface area (Å²) in [6.45, 7) is 1.80. The van der Waals surface area contributed by atoms with Gasteiger partial charge in [0.1, 0.15) is 28.3 Å². The molecule has 0 amide bonds. The minimum absolute atomic E-state index is 0.223. The van der Waals surface area contributed by atoms with Gasteiger partial charge >= 0.3 is 0 Å². The molecule has 0 aliphatic carbocycles. The van der Waals surface area contributed by atoms with Crippen LogP contribution < -0.4 is 10.6 Å². The van der Waals surface area contributed by atoms with Crippen LogP contribution in [0.1, 0.15) is 16.5 Å². The second-order valence-corrected chi connectivity index (χ2v) is 10.1. The molecule has 0 bridgehead atoms. The molecule has 0 spiro atoms. The summed E-state index contributed by atoms with van der Waals surface area (Å²) in [4.78, 5) is 27.0. The molecule has 5 heterocycles. The highest BCUT2D eigenvalue weighted by Crippen LogP contribution is 2.29. The van der Waals surface area contributed by atoms with Gasteiger partial charge in [0, 0.05) is 32.1 Å². The van der Waals surface area contributed by atoms with Gasteiger partial charge in [-0.2, -0.15) is 0 Å². The molecule has 0 unspecified atom stereocenters. The van der Waals surface area contributed by atoms with Gasteiger partial charge in [-0.25, -0.2) is 24.3 Å². The molecule has 0 radical (unpaired) electrons. The first-order valence-corrected chi connectivity index (χ1v) is 12.6. The summed E-state index contributed by atoms with van der Waals surface area (Å²) in [5, 5.41) is 7.52. The van der Waals surface area contributed by atoms with Gasteiger partial charge in [0.25, 0.3) is 0 Å². The summed E-state index contributed by atoms with van der Waals surface area (Å²) in [6, 6.07) is 6.83. The smallest absolute Gasteiger partial charge is 0.157 e. The van der Waals surface area contributed by atoms with Crippen LogP contribution in [0.3, 0.4) is 0 Å². The van der Waals surface area contributed by atoms with Crippen molar-refractivity contribution in [3.63, 3.8) is 0 Å². The van der Waals surface area contributed by atoms with E-state index in [0.717, 1.165) is 56.5 Å². The molecule has 0 saturated carbocycles. The number of aromatic amines is 1. The molecular weight excluding hydrogens is 495 g/mol. The molecule has 0 aliphatic rings. The monoisotopic (exact) mass is 514 g/mol. The summed E-state index contributed by atoms with van der Waals surface area (Å²) in [5.74, 6) is 1.15. The first kappa shape index (κ1) is 22.8. The Hall–Kier alpha value is -2.99. The zero-order chi connectivity index (χ0) is 23.3. The maximum absolute atomic E-state index is 13.8. The fraction of sp³-hybridized carbons (Fsp3) is 0.227. The lowest BCUT2D eigenvalue weighted by molar-refractivity contribution is 0.602. The summed E-state index contributed by atoms with van der Waals surface area (Å²) in [6.07, 6.45) is 6.46. The number of hydrogen-bond acceptors (Lipinski definition) is 9. The fourth-order valence-corrected chi connectivity index (χ4v) is 5.26. The molecule has 8 nitrogen and oxygen atoms in total. The third-order valence-electron chi connectivity index (χ3n) is 5.02. The van der Waals surface area contributed by atoms with E-state index in [2.05, 4.69) is 35.6 Å². The van der Waals surface area contributed by atoms with Crippen LogP contribution in [0.4, 0.5) is 10.2 Å². The van der Waals surface area contributed by atoms with E-state index in [0.29, 0.717) is 17.0 Å². The number of thiophene rings is 1. The van der Waals surface area contributed by atoms with Gasteiger partial charge < -0.3 is 15.6 Å². The van der Waals surface area contributed by atoms with Crippen LogP contribution >= 0.6 is 34.3 Å². The van der Waals surface area contributed by atoms with Gasteiger partial charge in [0.05, 0.1) is 38.4 Å². The van der Waals surface area contributed by atoms with Crippen LogP contribution in [0.15, 0.2) is 43.0 Å². The van der Waals surface area contributed by atoms with E-state index in [9.17, 15) is 4.39 Å². The number of nitrogens with one attached hydrogen (secondary N) is 3. The van der Waals surface area contributed by atoms with Crippen molar-refractivity contribution >= 4 is 50.4 Å². The highest BCUT2D eigenvalue weighted by molar-refractivity contribution is 7.19. The van der Waals surface area contributed by atoms with E-state index in [1.807, 2.05) is 18.3 Å². The standard InChI is InChI=1S/C22H20ClFN8S2/c23-17-4-3-16(33-17)15-11-27-18(31-15)5-8-25-9-6-19-32-20-21(29-12-30-22(20)34-19)28-10-14-13(24)2-1-7-26-14/h1-4,7,11-12,25H,5-6,8-10H2,(H,27,31)(H,28,29,30). The summed E-state index contributed by atoms with van der Waals surface area (Å²) in [5.41, 5.74) is 2.00. The lowest BCUT2D eigenvalue weighted by atomic mass is 10.3. The predicted octanol–water partition coefficient (Wildman–Crippen LogP) is 4.71. The molecule has 0 aliphatic heterocycles. The van der Waals surface area contributed by atoms with Gasteiger partial charge in [0.2, 0.25) is 0 Å². The molecule has 5 aromatic heterocycles. The number of thiazole rings is 1. The second-order valence-electron chi connectivity index (χ2n) is 7.37. The molecule has 5 aromatic rings. The van der Waals surface area contributed by atoms with E-state index < -0.39 is 0 Å². The number of fused-ring (bicyclic) bond motifs is 1. The van der Waals surface area contributed by atoms with Crippen molar-refractivity contribution < 1.29 is 4.39 Å². The number of H-pyrrole nitrogens is 1. The number of nitrogens with zero attached hydrogens (tertiary/aromatic N) is 5. The number of pyridine rings is 1. The lowest BCUT2D eigenvalue weighted by Crippen LogP contribution is -2.20. The highest BCUT2D eigenvalue weighted by Gasteiger charge is 2.12. The van der Waals surface area contributed by atoms with E-state index >= 15 is 0 Å². The minimum Gasteiger partial charge on any atom is -0.362 e. The number of halogens is 2. The third-order valence-corrected chi connectivity index (χ3v) is 7.31. The average molecular weight is 515 g/mol. The Morgan fingerprint density at radius 2 is 1.94 bits per heavy atom. The van der Waals surface area contributed by atoms with Crippen molar-refractivity contribution in [1.29, 1.82) is 0 Å². The van der Waals surface area contributed by atoms with Gasteiger partial charge in [-0.15, -0.1) is 11.3 Å². The topological polar surface area (TPSA) is 104 Å². The molecule has 0 fully saturated rings. The Morgan fingerprint density at radius 1 is 1.03 bits per heavy atom. The van der Waals surface area contributed by atoms with Crippen LogP contribution in [-0.2, 0) is 19.4 Å². The van der Waals surface area contributed by atoms with Crippen molar-refractivity contribution in [2.24, 2.45) is 0 Å². The molecule has 3 N–H and O–H groups in total. The molecule has 0 atom stereocenters. The minimum atomic E-state index is -0.355. The Morgan fingerprint density at radius 3 is 2.79 bits per heavy atom. The normalized spacial score (nSPS) is 11.4. The lowest BCUT2D eigenvalue weighted by Gasteiger charge is -2.05. The molecule has 5 rings (SSSR count). The van der Waals surface area contributed by atoms with E-state index in [1.165, 1.54) is 35.1 Å². The van der Waals surface area contributed by atoms with Crippen molar-refractivity contribution in [2.45, 2.75) is 19.4 Å². The van der Waals surface area contributed by atoms with Gasteiger partial charge in [-0.1, -0.05) is 22.9 Å². The largest absolute Gasteiger partial charge is 0.362 e.